The molecule has 0 saturated heterocycles. The van der Waals surface area contributed by atoms with E-state index in [-0.39, 0.29) is 22.8 Å². The number of aromatic hydroxyl groups is 1. The van der Waals surface area contributed by atoms with Crippen LogP contribution in [0.4, 0.5) is 0 Å². The number of benzene rings is 2. The van der Waals surface area contributed by atoms with Crippen LogP contribution in [0.1, 0.15) is 15.9 Å². The molecule has 6 heteroatoms. The molecule has 0 heterocycles. The molecule has 6 nitrogen and oxygen atoms in total. The van der Waals surface area contributed by atoms with Gasteiger partial charge in [0.25, 0.3) is 0 Å². The molecule has 0 amide bonds. The third-order valence-corrected chi connectivity index (χ3v) is 3.38. The zero-order chi connectivity index (χ0) is 17.0. The van der Waals surface area contributed by atoms with Crippen molar-refractivity contribution in [3.8, 4) is 28.7 Å². The zero-order valence-corrected chi connectivity index (χ0v) is 13.4. The van der Waals surface area contributed by atoms with Gasteiger partial charge in [-0.2, -0.15) is 0 Å². The topological polar surface area (TPSA) is 74.2 Å². The number of carbonyl (C=O) groups is 1. The number of phenolic OH excluding ortho intramolecular Hbond substituents is 1. The summed E-state index contributed by atoms with van der Waals surface area (Å²) in [6.07, 6.45) is 0. The van der Waals surface area contributed by atoms with E-state index in [1.54, 1.807) is 24.3 Å². The molecule has 0 unspecified atom stereocenters. The minimum absolute atomic E-state index is 0.0953. The van der Waals surface area contributed by atoms with Crippen LogP contribution in [-0.4, -0.2) is 39.3 Å². The van der Waals surface area contributed by atoms with Gasteiger partial charge >= 0.3 is 0 Å². The molecular formula is C17H18O6. The Labute approximate surface area is 134 Å². The van der Waals surface area contributed by atoms with E-state index < -0.39 is 0 Å². The van der Waals surface area contributed by atoms with E-state index in [9.17, 15) is 9.90 Å². The van der Waals surface area contributed by atoms with Crippen molar-refractivity contribution in [2.24, 2.45) is 0 Å². The molecule has 23 heavy (non-hydrogen) atoms. The van der Waals surface area contributed by atoms with E-state index >= 15 is 0 Å². The van der Waals surface area contributed by atoms with Gasteiger partial charge in [0.15, 0.2) is 17.3 Å². The van der Waals surface area contributed by atoms with Crippen molar-refractivity contribution < 1.29 is 28.8 Å². The number of ether oxygens (including phenoxy) is 4. The van der Waals surface area contributed by atoms with Crippen molar-refractivity contribution in [1.82, 2.24) is 0 Å². The van der Waals surface area contributed by atoms with Crippen LogP contribution in [0, 0.1) is 0 Å². The number of hydrogen-bond donors (Lipinski definition) is 1. The summed E-state index contributed by atoms with van der Waals surface area (Å²) in [6, 6.07) is 7.83. The first-order chi connectivity index (χ1) is 11.0. The minimum Gasteiger partial charge on any atom is -0.504 e. The third-order valence-electron chi connectivity index (χ3n) is 3.38. The lowest BCUT2D eigenvalue weighted by Gasteiger charge is -2.13. The van der Waals surface area contributed by atoms with Crippen LogP contribution in [0.3, 0.4) is 0 Å². The Bertz CT molecular complexity index is 701. The lowest BCUT2D eigenvalue weighted by Crippen LogP contribution is -2.04. The number of methoxy groups -OCH3 is 4. The smallest absolute Gasteiger partial charge is 0.203 e. The monoisotopic (exact) mass is 318 g/mol. The first-order valence-corrected chi connectivity index (χ1v) is 6.77. The predicted molar refractivity (Wildman–Crippen MR) is 84.2 cm³/mol. The number of hydrogen-bond acceptors (Lipinski definition) is 6. The Morgan fingerprint density at radius 3 is 1.96 bits per heavy atom. The molecule has 0 bridgehead atoms. The van der Waals surface area contributed by atoms with Gasteiger partial charge in [-0.05, 0) is 24.3 Å². The maximum Gasteiger partial charge on any atom is 0.203 e. The summed E-state index contributed by atoms with van der Waals surface area (Å²) in [5, 5.41) is 10.3. The normalized spacial score (nSPS) is 10.1. The number of phenols is 1. The molecule has 0 aromatic heterocycles. The highest BCUT2D eigenvalue weighted by Crippen LogP contribution is 2.40. The van der Waals surface area contributed by atoms with E-state index in [1.807, 2.05) is 0 Å². The molecule has 0 saturated carbocycles. The van der Waals surface area contributed by atoms with Crippen molar-refractivity contribution in [1.29, 1.82) is 0 Å². The summed E-state index contributed by atoms with van der Waals surface area (Å²) >= 11 is 0. The van der Waals surface area contributed by atoms with E-state index in [4.69, 9.17) is 18.9 Å². The summed E-state index contributed by atoms with van der Waals surface area (Å²) in [5.74, 6) is 0.734. The molecule has 2 aromatic carbocycles. The largest absolute Gasteiger partial charge is 0.504 e. The highest BCUT2D eigenvalue weighted by molar-refractivity contribution is 6.11. The van der Waals surface area contributed by atoms with Gasteiger partial charge in [-0.1, -0.05) is 0 Å². The molecule has 0 aliphatic carbocycles. The van der Waals surface area contributed by atoms with Crippen molar-refractivity contribution in [2.45, 2.75) is 0 Å². The van der Waals surface area contributed by atoms with Crippen molar-refractivity contribution >= 4 is 5.78 Å². The molecular weight excluding hydrogens is 300 g/mol. The van der Waals surface area contributed by atoms with Gasteiger partial charge in [0.2, 0.25) is 5.75 Å². The molecule has 0 spiro atoms. The van der Waals surface area contributed by atoms with Gasteiger partial charge in [0.1, 0.15) is 11.5 Å². The minimum atomic E-state index is -0.388. The van der Waals surface area contributed by atoms with Crippen LogP contribution in [0.2, 0.25) is 0 Å². The standard InChI is InChI=1S/C17H18O6/c1-20-11-7-10(8-12(9-11)21-2)15(18)13-5-6-14(22-3)17(23-4)16(13)19/h5-9,19H,1-4H3. The van der Waals surface area contributed by atoms with E-state index in [0.717, 1.165) is 0 Å². The molecule has 0 aliphatic heterocycles. The lowest BCUT2D eigenvalue weighted by molar-refractivity contribution is 0.103. The van der Waals surface area contributed by atoms with Crippen LogP contribution in [0.15, 0.2) is 30.3 Å². The first-order valence-electron chi connectivity index (χ1n) is 6.77. The van der Waals surface area contributed by atoms with Crippen LogP contribution in [-0.2, 0) is 0 Å². The summed E-state index contributed by atoms with van der Waals surface area (Å²) in [7, 11) is 5.83. The maximum absolute atomic E-state index is 12.7. The summed E-state index contributed by atoms with van der Waals surface area (Å²) in [5.41, 5.74) is 0.418. The molecule has 2 aromatic rings. The SMILES string of the molecule is COc1cc(OC)cc(C(=O)c2ccc(OC)c(OC)c2O)c1. The van der Waals surface area contributed by atoms with E-state index in [0.29, 0.717) is 22.8 Å². The molecule has 1 N–H and O–H groups in total. The second-order valence-corrected chi connectivity index (χ2v) is 4.63. The summed E-state index contributed by atoms with van der Waals surface area (Å²) in [4.78, 5) is 12.7. The maximum atomic E-state index is 12.7. The Morgan fingerprint density at radius 1 is 0.870 bits per heavy atom. The second kappa shape index (κ2) is 6.91. The fourth-order valence-corrected chi connectivity index (χ4v) is 2.19. The molecule has 0 fully saturated rings. The van der Waals surface area contributed by atoms with Crippen LogP contribution < -0.4 is 18.9 Å². The fourth-order valence-electron chi connectivity index (χ4n) is 2.19. The number of carbonyl (C=O) groups excluding carboxylic acids is 1. The predicted octanol–water partition coefficient (Wildman–Crippen LogP) is 2.66. The van der Waals surface area contributed by atoms with Gasteiger partial charge in [-0.15, -0.1) is 0 Å². The zero-order valence-electron chi connectivity index (χ0n) is 13.4. The first kappa shape index (κ1) is 16.5. The number of rotatable bonds is 6. The Morgan fingerprint density at radius 2 is 1.48 bits per heavy atom. The highest BCUT2D eigenvalue weighted by atomic mass is 16.5. The average molecular weight is 318 g/mol. The molecule has 0 atom stereocenters. The molecule has 122 valence electrons. The van der Waals surface area contributed by atoms with Gasteiger partial charge in [0, 0.05) is 11.6 Å². The van der Waals surface area contributed by atoms with Crippen molar-refractivity contribution in [3.63, 3.8) is 0 Å². The van der Waals surface area contributed by atoms with E-state index in [1.165, 1.54) is 34.5 Å². The van der Waals surface area contributed by atoms with Crippen LogP contribution in [0.25, 0.3) is 0 Å². The van der Waals surface area contributed by atoms with Crippen LogP contribution >= 0.6 is 0 Å². The average Bonchev–Trinajstić information content (AvgIpc) is 2.60. The molecule has 2 rings (SSSR count). The van der Waals surface area contributed by atoms with Gasteiger partial charge in [-0.3, -0.25) is 4.79 Å². The quantitative estimate of drug-likeness (QED) is 0.825. The summed E-state index contributed by atoms with van der Waals surface area (Å²) < 4.78 is 20.5. The summed E-state index contributed by atoms with van der Waals surface area (Å²) in [6.45, 7) is 0. The lowest BCUT2D eigenvalue weighted by atomic mass is 10.0. The van der Waals surface area contributed by atoms with E-state index in [2.05, 4.69) is 0 Å². The third kappa shape index (κ3) is 3.15. The molecule has 0 aliphatic rings. The van der Waals surface area contributed by atoms with Crippen molar-refractivity contribution in [2.75, 3.05) is 28.4 Å². The number of ketones is 1. The van der Waals surface area contributed by atoms with Gasteiger partial charge < -0.3 is 24.1 Å². The second-order valence-electron chi connectivity index (χ2n) is 4.63. The molecule has 0 radical (unpaired) electrons. The van der Waals surface area contributed by atoms with Crippen molar-refractivity contribution in [3.05, 3.63) is 41.5 Å². The fraction of sp³-hybridized carbons (Fsp3) is 0.235. The Hall–Kier alpha value is -2.89. The Balaban J connectivity index is 2.53. The van der Waals surface area contributed by atoms with Gasteiger partial charge in [-0.25, -0.2) is 0 Å². The highest BCUT2D eigenvalue weighted by Gasteiger charge is 2.21. The van der Waals surface area contributed by atoms with Gasteiger partial charge in [0.05, 0.1) is 34.0 Å². The van der Waals surface area contributed by atoms with Crippen LogP contribution in [0.5, 0.6) is 28.7 Å². The Kier molecular flexibility index (Phi) is 4.95.